The number of carbonyl (C=O) groups is 1. The molecule has 0 saturated heterocycles. The van der Waals surface area contributed by atoms with Crippen LogP contribution in [0.4, 0.5) is 0 Å². The van der Waals surface area contributed by atoms with Gasteiger partial charge in [0.05, 0.1) is 25.3 Å². The quantitative estimate of drug-likeness (QED) is 0.747. The first-order valence-electron chi connectivity index (χ1n) is 7.62. The molecule has 2 aromatic heterocycles. The van der Waals surface area contributed by atoms with Gasteiger partial charge in [-0.25, -0.2) is 0 Å². The monoisotopic (exact) mass is 338 g/mol. The highest BCUT2D eigenvalue weighted by Crippen LogP contribution is 2.29. The lowest BCUT2D eigenvalue weighted by Gasteiger charge is -2.21. The standard InChI is InChI=1S/C19H18N2O2S/c1-23-17-8-3-2-6-15(17)19(16-7-4-5-10-20-16)21-18(22)12-14-9-11-24-13-14/h2-11,13,19H,12H2,1H3,(H,21,22)/t19-/m1/s1. The summed E-state index contributed by atoms with van der Waals surface area (Å²) in [6.07, 6.45) is 2.07. The third kappa shape index (κ3) is 3.81. The summed E-state index contributed by atoms with van der Waals surface area (Å²) in [6, 6.07) is 15.0. The SMILES string of the molecule is COc1ccccc1[C@@H](NC(=O)Cc1ccsc1)c1ccccn1. The van der Waals surface area contributed by atoms with E-state index in [0.29, 0.717) is 6.42 Å². The van der Waals surface area contributed by atoms with Crippen LogP contribution < -0.4 is 10.1 Å². The number of hydrogen-bond acceptors (Lipinski definition) is 4. The van der Waals surface area contributed by atoms with Crippen LogP contribution in [0.2, 0.25) is 0 Å². The Labute approximate surface area is 145 Å². The summed E-state index contributed by atoms with van der Waals surface area (Å²) >= 11 is 1.59. The van der Waals surface area contributed by atoms with Crippen molar-refractivity contribution in [1.82, 2.24) is 10.3 Å². The normalized spacial score (nSPS) is 11.7. The van der Waals surface area contributed by atoms with Crippen LogP contribution in [-0.4, -0.2) is 18.0 Å². The van der Waals surface area contributed by atoms with Crippen molar-refractivity contribution in [3.8, 4) is 5.75 Å². The second kappa shape index (κ2) is 7.75. The van der Waals surface area contributed by atoms with Gasteiger partial charge in [0, 0.05) is 11.8 Å². The number of rotatable bonds is 6. The van der Waals surface area contributed by atoms with Crippen molar-refractivity contribution in [2.45, 2.75) is 12.5 Å². The fraction of sp³-hybridized carbons (Fsp3) is 0.158. The van der Waals surface area contributed by atoms with E-state index in [9.17, 15) is 4.79 Å². The van der Waals surface area contributed by atoms with Gasteiger partial charge in [0.15, 0.2) is 0 Å². The average molecular weight is 338 g/mol. The molecule has 1 atom stereocenters. The van der Waals surface area contributed by atoms with Gasteiger partial charge < -0.3 is 10.1 Å². The summed E-state index contributed by atoms with van der Waals surface area (Å²) < 4.78 is 5.46. The molecule has 0 radical (unpaired) electrons. The number of ether oxygens (including phenoxy) is 1. The van der Waals surface area contributed by atoms with E-state index in [2.05, 4.69) is 10.3 Å². The van der Waals surface area contributed by atoms with Gasteiger partial charge in [0.25, 0.3) is 0 Å². The molecular formula is C19H18N2O2S. The first-order valence-corrected chi connectivity index (χ1v) is 8.56. The Kier molecular flexibility index (Phi) is 5.23. The third-order valence-corrected chi connectivity index (χ3v) is 4.42. The molecule has 1 amide bonds. The minimum atomic E-state index is -0.353. The fourth-order valence-electron chi connectivity index (χ4n) is 2.55. The lowest BCUT2D eigenvalue weighted by Crippen LogP contribution is -2.31. The van der Waals surface area contributed by atoms with Gasteiger partial charge in [-0.05, 0) is 40.6 Å². The van der Waals surface area contributed by atoms with Crippen LogP contribution in [-0.2, 0) is 11.2 Å². The Morgan fingerprint density at radius 2 is 2.04 bits per heavy atom. The summed E-state index contributed by atoms with van der Waals surface area (Å²) in [6.45, 7) is 0. The van der Waals surface area contributed by atoms with E-state index in [0.717, 1.165) is 22.6 Å². The fourth-order valence-corrected chi connectivity index (χ4v) is 3.22. The lowest BCUT2D eigenvalue weighted by atomic mass is 10.0. The van der Waals surface area contributed by atoms with Crippen molar-refractivity contribution in [1.29, 1.82) is 0 Å². The number of amides is 1. The van der Waals surface area contributed by atoms with E-state index >= 15 is 0 Å². The zero-order valence-corrected chi connectivity index (χ0v) is 14.1. The van der Waals surface area contributed by atoms with Crippen molar-refractivity contribution < 1.29 is 9.53 Å². The molecule has 2 heterocycles. The number of thiophene rings is 1. The highest BCUT2D eigenvalue weighted by molar-refractivity contribution is 7.08. The van der Waals surface area contributed by atoms with Crippen LogP contribution in [0, 0.1) is 0 Å². The number of carbonyl (C=O) groups excluding carboxylic acids is 1. The smallest absolute Gasteiger partial charge is 0.225 e. The van der Waals surface area contributed by atoms with Crippen molar-refractivity contribution >= 4 is 17.2 Å². The topological polar surface area (TPSA) is 51.2 Å². The van der Waals surface area contributed by atoms with E-state index < -0.39 is 0 Å². The molecule has 3 rings (SSSR count). The van der Waals surface area contributed by atoms with Gasteiger partial charge in [-0.2, -0.15) is 11.3 Å². The molecule has 24 heavy (non-hydrogen) atoms. The molecule has 1 aromatic carbocycles. The summed E-state index contributed by atoms with van der Waals surface area (Å²) in [7, 11) is 1.63. The van der Waals surface area contributed by atoms with Crippen molar-refractivity contribution in [2.24, 2.45) is 0 Å². The molecule has 0 saturated carbocycles. The Morgan fingerprint density at radius 1 is 1.21 bits per heavy atom. The second-order valence-corrected chi connectivity index (χ2v) is 6.09. The molecule has 4 nitrogen and oxygen atoms in total. The minimum Gasteiger partial charge on any atom is -0.496 e. The van der Waals surface area contributed by atoms with Crippen LogP contribution in [0.3, 0.4) is 0 Å². The minimum absolute atomic E-state index is 0.0463. The number of nitrogens with zero attached hydrogens (tertiary/aromatic N) is 1. The molecule has 0 aliphatic heterocycles. The highest BCUT2D eigenvalue weighted by Gasteiger charge is 2.21. The first kappa shape index (κ1) is 16.2. The number of aromatic nitrogens is 1. The van der Waals surface area contributed by atoms with Gasteiger partial charge in [-0.1, -0.05) is 24.3 Å². The molecule has 0 spiro atoms. The van der Waals surface area contributed by atoms with Crippen LogP contribution >= 0.6 is 11.3 Å². The van der Waals surface area contributed by atoms with Gasteiger partial charge in [-0.3, -0.25) is 9.78 Å². The van der Waals surface area contributed by atoms with E-state index in [-0.39, 0.29) is 11.9 Å². The van der Waals surface area contributed by atoms with Crippen molar-refractivity contribution in [2.75, 3.05) is 7.11 Å². The van der Waals surface area contributed by atoms with Crippen LogP contribution in [0.5, 0.6) is 5.75 Å². The Hall–Kier alpha value is -2.66. The van der Waals surface area contributed by atoms with Crippen LogP contribution in [0.15, 0.2) is 65.5 Å². The van der Waals surface area contributed by atoms with Crippen LogP contribution in [0.25, 0.3) is 0 Å². The number of para-hydroxylation sites is 1. The summed E-state index contributed by atoms with van der Waals surface area (Å²) in [5, 5.41) is 7.04. The van der Waals surface area contributed by atoms with E-state index in [4.69, 9.17) is 4.74 Å². The predicted molar refractivity (Wildman–Crippen MR) is 95.2 cm³/mol. The van der Waals surface area contributed by atoms with E-state index in [1.165, 1.54) is 0 Å². The number of benzene rings is 1. The zero-order valence-electron chi connectivity index (χ0n) is 13.3. The van der Waals surface area contributed by atoms with Gasteiger partial charge in [0.2, 0.25) is 5.91 Å². The van der Waals surface area contributed by atoms with Gasteiger partial charge in [-0.15, -0.1) is 0 Å². The van der Waals surface area contributed by atoms with Gasteiger partial charge in [0.1, 0.15) is 5.75 Å². The number of methoxy groups -OCH3 is 1. The van der Waals surface area contributed by atoms with Crippen molar-refractivity contribution in [3.63, 3.8) is 0 Å². The molecule has 0 aliphatic rings. The van der Waals surface area contributed by atoms with Crippen LogP contribution in [0.1, 0.15) is 22.9 Å². The summed E-state index contributed by atoms with van der Waals surface area (Å²) in [5.41, 5.74) is 2.68. The third-order valence-electron chi connectivity index (χ3n) is 3.68. The molecule has 0 aliphatic carbocycles. The molecule has 0 bridgehead atoms. The Morgan fingerprint density at radius 3 is 2.75 bits per heavy atom. The maximum atomic E-state index is 12.5. The second-order valence-electron chi connectivity index (χ2n) is 5.31. The number of nitrogens with one attached hydrogen (secondary N) is 1. The zero-order chi connectivity index (χ0) is 16.8. The largest absolute Gasteiger partial charge is 0.496 e. The maximum absolute atomic E-state index is 12.5. The highest BCUT2D eigenvalue weighted by atomic mass is 32.1. The summed E-state index contributed by atoms with van der Waals surface area (Å²) in [5.74, 6) is 0.680. The molecular weight excluding hydrogens is 320 g/mol. The number of hydrogen-bond donors (Lipinski definition) is 1. The lowest BCUT2D eigenvalue weighted by molar-refractivity contribution is -0.120. The Bertz CT molecular complexity index is 788. The van der Waals surface area contributed by atoms with Gasteiger partial charge >= 0.3 is 0 Å². The molecule has 3 aromatic rings. The average Bonchev–Trinajstić information content (AvgIpc) is 3.13. The maximum Gasteiger partial charge on any atom is 0.225 e. The van der Waals surface area contributed by atoms with E-state index in [1.54, 1.807) is 24.6 Å². The first-order chi connectivity index (χ1) is 11.8. The number of pyridine rings is 1. The molecule has 0 fully saturated rings. The molecule has 1 N–H and O–H groups in total. The van der Waals surface area contributed by atoms with Crippen molar-refractivity contribution in [3.05, 3.63) is 82.3 Å². The summed E-state index contributed by atoms with van der Waals surface area (Å²) in [4.78, 5) is 16.9. The van der Waals surface area contributed by atoms with E-state index in [1.807, 2.05) is 59.3 Å². The molecule has 5 heteroatoms. The Balaban J connectivity index is 1.89. The predicted octanol–water partition coefficient (Wildman–Crippen LogP) is 3.60. The molecule has 0 unspecified atom stereocenters. The molecule has 122 valence electrons.